The largest absolute Gasteiger partial charge is 0.493 e. The SMILES string of the molecule is COc1cc(C)ccc1OC(C)C(=O)Nc1cc(N2CCCC2)ncn1. The van der Waals surface area contributed by atoms with E-state index in [4.69, 9.17) is 9.47 Å². The van der Waals surface area contributed by atoms with Crippen LogP contribution in [0.4, 0.5) is 11.6 Å². The highest BCUT2D eigenvalue weighted by atomic mass is 16.5. The Kier molecular flexibility index (Phi) is 5.55. The van der Waals surface area contributed by atoms with E-state index in [0.29, 0.717) is 17.3 Å². The predicted molar refractivity (Wildman–Crippen MR) is 99.9 cm³/mol. The van der Waals surface area contributed by atoms with Crippen LogP contribution in [-0.4, -0.2) is 42.2 Å². The van der Waals surface area contributed by atoms with Crippen LogP contribution >= 0.6 is 0 Å². The highest BCUT2D eigenvalue weighted by Gasteiger charge is 2.19. The third-order valence-corrected chi connectivity index (χ3v) is 4.33. The maximum atomic E-state index is 12.5. The van der Waals surface area contributed by atoms with Gasteiger partial charge in [0.15, 0.2) is 17.6 Å². The Morgan fingerprint density at radius 1 is 1.19 bits per heavy atom. The Bertz CT molecular complexity index is 775. The molecule has 1 amide bonds. The number of amides is 1. The van der Waals surface area contributed by atoms with Crippen LogP contribution in [0.25, 0.3) is 0 Å². The molecule has 1 fully saturated rings. The number of hydrogen-bond donors (Lipinski definition) is 1. The molecule has 1 saturated heterocycles. The molecule has 1 unspecified atom stereocenters. The van der Waals surface area contributed by atoms with E-state index < -0.39 is 6.10 Å². The van der Waals surface area contributed by atoms with Gasteiger partial charge in [0.25, 0.3) is 5.91 Å². The summed E-state index contributed by atoms with van der Waals surface area (Å²) in [5.74, 6) is 2.16. The van der Waals surface area contributed by atoms with Gasteiger partial charge in [0.05, 0.1) is 7.11 Å². The number of benzene rings is 1. The van der Waals surface area contributed by atoms with E-state index >= 15 is 0 Å². The predicted octanol–water partition coefficient (Wildman–Crippen LogP) is 2.80. The van der Waals surface area contributed by atoms with Crippen LogP contribution in [-0.2, 0) is 4.79 Å². The minimum absolute atomic E-state index is 0.279. The number of hydrogen-bond acceptors (Lipinski definition) is 6. The number of carbonyl (C=O) groups excluding carboxylic acids is 1. The van der Waals surface area contributed by atoms with Crippen molar-refractivity contribution in [1.29, 1.82) is 0 Å². The normalized spacial score (nSPS) is 14.8. The zero-order chi connectivity index (χ0) is 18.5. The lowest BCUT2D eigenvalue weighted by Crippen LogP contribution is -2.30. The van der Waals surface area contributed by atoms with E-state index in [9.17, 15) is 4.79 Å². The Labute approximate surface area is 153 Å². The van der Waals surface area contributed by atoms with E-state index in [1.165, 1.54) is 6.33 Å². The average molecular weight is 356 g/mol. The van der Waals surface area contributed by atoms with E-state index in [-0.39, 0.29) is 5.91 Å². The second kappa shape index (κ2) is 8.03. The fourth-order valence-corrected chi connectivity index (χ4v) is 2.88. The molecule has 3 rings (SSSR count). The first-order valence-electron chi connectivity index (χ1n) is 8.76. The molecule has 0 spiro atoms. The Morgan fingerprint density at radius 3 is 2.69 bits per heavy atom. The molecule has 1 aliphatic heterocycles. The van der Waals surface area contributed by atoms with Crippen LogP contribution in [0.1, 0.15) is 25.3 Å². The van der Waals surface area contributed by atoms with E-state index in [1.54, 1.807) is 26.2 Å². The van der Waals surface area contributed by atoms with Crippen LogP contribution in [0.5, 0.6) is 11.5 Å². The monoisotopic (exact) mass is 356 g/mol. The Balaban J connectivity index is 1.65. The number of nitrogens with one attached hydrogen (secondary N) is 1. The molecule has 0 aliphatic carbocycles. The summed E-state index contributed by atoms with van der Waals surface area (Å²) in [6, 6.07) is 7.37. The zero-order valence-electron chi connectivity index (χ0n) is 15.4. The van der Waals surface area contributed by atoms with Crippen LogP contribution in [0, 0.1) is 6.92 Å². The molecule has 0 saturated carbocycles. The lowest BCUT2D eigenvalue weighted by Gasteiger charge is -2.18. The summed E-state index contributed by atoms with van der Waals surface area (Å²) >= 11 is 0. The van der Waals surface area contributed by atoms with Gasteiger partial charge in [-0.15, -0.1) is 0 Å². The zero-order valence-corrected chi connectivity index (χ0v) is 15.4. The van der Waals surface area contributed by atoms with Crippen molar-refractivity contribution in [2.24, 2.45) is 0 Å². The molecular weight excluding hydrogens is 332 g/mol. The maximum Gasteiger partial charge on any atom is 0.266 e. The highest BCUT2D eigenvalue weighted by Crippen LogP contribution is 2.29. The van der Waals surface area contributed by atoms with Crippen molar-refractivity contribution in [3.63, 3.8) is 0 Å². The fraction of sp³-hybridized carbons (Fsp3) is 0.421. The minimum Gasteiger partial charge on any atom is -0.493 e. The van der Waals surface area contributed by atoms with Gasteiger partial charge < -0.3 is 19.7 Å². The van der Waals surface area contributed by atoms with Gasteiger partial charge in [-0.3, -0.25) is 4.79 Å². The van der Waals surface area contributed by atoms with Gasteiger partial charge in [-0.1, -0.05) is 6.07 Å². The number of carbonyl (C=O) groups is 1. The molecule has 7 heteroatoms. The smallest absolute Gasteiger partial charge is 0.266 e. The molecule has 1 aromatic heterocycles. The second-order valence-corrected chi connectivity index (χ2v) is 6.36. The molecule has 7 nitrogen and oxygen atoms in total. The number of rotatable bonds is 6. The molecule has 0 bridgehead atoms. The summed E-state index contributed by atoms with van der Waals surface area (Å²) in [4.78, 5) is 23.1. The molecule has 1 aromatic carbocycles. The lowest BCUT2D eigenvalue weighted by atomic mass is 10.2. The molecule has 0 radical (unpaired) electrons. The first kappa shape index (κ1) is 18.0. The van der Waals surface area contributed by atoms with Crippen molar-refractivity contribution < 1.29 is 14.3 Å². The van der Waals surface area contributed by atoms with Crippen molar-refractivity contribution in [2.45, 2.75) is 32.8 Å². The molecule has 2 aromatic rings. The summed E-state index contributed by atoms with van der Waals surface area (Å²) < 4.78 is 11.1. The van der Waals surface area contributed by atoms with Crippen LogP contribution in [0.15, 0.2) is 30.6 Å². The second-order valence-electron chi connectivity index (χ2n) is 6.36. The van der Waals surface area contributed by atoms with Crippen molar-refractivity contribution in [2.75, 3.05) is 30.4 Å². The average Bonchev–Trinajstić information content (AvgIpc) is 3.18. The molecular formula is C19H24N4O3. The van der Waals surface area contributed by atoms with Crippen molar-refractivity contribution in [1.82, 2.24) is 9.97 Å². The number of aromatic nitrogens is 2. The Hall–Kier alpha value is -2.83. The minimum atomic E-state index is -0.697. The van der Waals surface area contributed by atoms with Crippen molar-refractivity contribution in [3.05, 3.63) is 36.2 Å². The van der Waals surface area contributed by atoms with Gasteiger partial charge in [0.1, 0.15) is 18.0 Å². The van der Waals surface area contributed by atoms with Crippen LogP contribution in [0.3, 0.4) is 0 Å². The van der Waals surface area contributed by atoms with Crippen molar-refractivity contribution >= 4 is 17.5 Å². The number of nitrogens with zero attached hydrogens (tertiary/aromatic N) is 3. The molecule has 1 N–H and O–H groups in total. The van der Waals surface area contributed by atoms with E-state index in [1.807, 2.05) is 19.1 Å². The summed E-state index contributed by atoms with van der Waals surface area (Å²) in [5.41, 5.74) is 1.06. The Morgan fingerprint density at radius 2 is 1.96 bits per heavy atom. The van der Waals surface area contributed by atoms with Gasteiger partial charge >= 0.3 is 0 Å². The maximum absolute atomic E-state index is 12.5. The van der Waals surface area contributed by atoms with E-state index in [0.717, 1.165) is 37.3 Å². The van der Waals surface area contributed by atoms with Gasteiger partial charge in [-0.25, -0.2) is 9.97 Å². The molecule has 1 atom stereocenters. The highest BCUT2D eigenvalue weighted by molar-refractivity contribution is 5.93. The van der Waals surface area contributed by atoms with Crippen molar-refractivity contribution in [3.8, 4) is 11.5 Å². The molecule has 138 valence electrons. The summed E-state index contributed by atoms with van der Waals surface area (Å²) in [6.45, 7) is 5.63. The number of ether oxygens (including phenoxy) is 2. The fourth-order valence-electron chi connectivity index (χ4n) is 2.88. The third kappa shape index (κ3) is 4.22. The molecule has 26 heavy (non-hydrogen) atoms. The number of anilines is 2. The number of aryl methyl sites for hydroxylation is 1. The summed E-state index contributed by atoms with van der Waals surface area (Å²) in [6.07, 6.45) is 3.10. The van der Waals surface area contributed by atoms with Crippen LogP contribution < -0.4 is 19.7 Å². The molecule has 1 aliphatic rings. The topological polar surface area (TPSA) is 76.6 Å². The quantitative estimate of drug-likeness (QED) is 0.858. The molecule has 2 heterocycles. The number of methoxy groups -OCH3 is 1. The summed E-state index contributed by atoms with van der Waals surface area (Å²) in [5, 5.41) is 2.79. The van der Waals surface area contributed by atoms with Gasteiger partial charge in [0.2, 0.25) is 0 Å². The standard InChI is InChI=1S/C19H24N4O3/c1-13-6-7-15(16(10-13)25-3)26-14(2)19(24)22-17-11-18(21-12-20-17)23-8-4-5-9-23/h6-7,10-12,14H,4-5,8-9H2,1-3H3,(H,20,21,22,24). The third-order valence-electron chi connectivity index (χ3n) is 4.33. The first-order valence-corrected chi connectivity index (χ1v) is 8.76. The first-order chi connectivity index (χ1) is 12.6. The van der Waals surface area contributed by atoms with Gasteiger partial charge in [-0.2, -0.15) is 0 Å². The van der Waals surface area contributed by atoms with Gasteiger partial charge in [0, 0.05) is 19.2 Å². The van der Waals surface area contributed by atoms with Crippen LogP contribution in [0.2, 0.25) is 0 Å². The van der Waals surface area contributed by atoms with E-state index in [2.05, 4.69) is 20.2 Å². The summed E-state index contributed by atoms with van der Waals surface area (Å²) in [7, 11) is 1.58. The van der Waals surface area contributed by atoms with Gasteiger partial charge in [-0.05, 0) is 44.4 Å². The lowest BCUT2D eigenvalue weighted by molar-refractivity contribution is -0.122.